The molecule has 4 atom stereocenters. The molecule has 0 amide bonds. The van der Waals surface area contributed by atoms with Gasteiger partial charge in [-0.3, -0.25) is 33.9 Å². The molecule has 4 unspecified atom stereocenters. The Morgan fingerprint density at radius 2 is 0.621 bits per heavy atom. The van der Waals surface area contributed by atoms with Crippen molar-refractivity contribution in [1.82, 2.24) is 14.7 Å². The molecule has 0 aliphatic carbocycles. The first kappa shape index (κ1) is 55.8. The summed E-state index contributed by atoms with van der Waals surface area (Å²) >= 11 is 0. The van der Waals surface area contributed by atoms with Gasteiger partial charge in [0.05, 0.1) is 65.4 Å². The van der Waals surface area contributed by atoms with E-state index in [-0.39, 0.29) is 49.6 Å². The third-order valence-corrected chi connectivity index (χ3v) is 11.5. The molecule has 0 aliphatic heterocycles. The fourth-order valence-corrected chi connectivity index (χ4v) is 6.96. The van der Waals surface area contributed by atoms with Crippen LogP contribution in [0.5, 0.6) is 0 Å². The summed E-state index contributed by atoms with van der Waals surface area (Å²) in [7, 11) is 1.98. The van der Waals surface area contributed by atoms with Crippen molar-refractivity contribution in [1.29, 1.82) is 0 Å². The number of hydrogen-bond donors (Lipinski definition) is 0. The van der Waals surface area contributed by atoms with Crippen molar-refractivity contribution >= 4 is 23.9 Å². The Hall–Kier alpha value is -2.24. The van der Waals surface area contributed by atoms with Crippen LogP contribution in [0.3, 0.4) is 0 Å². The predicted molar refractivity (Wildman–Crippen MR) is 236 cm³/mol. The summed E-state index contributed by atoms with van der Waals surface area (Å²) in [6, 6.07) is 0. The minimum Gasteiger partial charge on any atom is -0.465 e. The number of esters is 4. The van der Waals surface area contributed by atoms with Crippen molar-refractivity contribution < 1.29 is 38.1 Å². The van der Waals surface area contributed by atoms with Crippen LogP contribution in [0.4, 0.5) is 0 Å². The van der Waals surface area contributed by atoms with Gasteiger partial charge in [0.15, 0.2) is 0 Å². The van der Waals surface area contributed by atoms with Gasteiger partial charge < -0.3 is 18.9 Å². The number of carbonyl (C=O) groups excluding carboxylic acids is 4. The van der Waals surface area contributed by atoms with Crippen LogP contribution in [0.1, 0.15) is 184 Å². The summed E-state index contributed by atoms with van der Waals surface area (Å²) in [4.78, 5) is 58.0. The molecule has 0 heterocycles. The lowest BCUT2D eigenvalue weighted by atomic mass is 10.0. The lowest BCUT2D eigenvalue weighted by Crippen LogP contribution is -2.44. The molecule has 342 valence electrons. The number of hydrogen-bond acceptors (Lipinski definition) is 11. The van der Waals surface area contributed by atoms with Crippen molar-refractivity contribution in [2.45, 2.75) is 184 Å². The highest BCUT2D eigenvalue weighted by molar-refractivity contribution is 5.71. The second-order valence-electron chi connectivity index (χ2n) is 16.8. The summed E-state index contributed by atoms with van der Waals surface area (Å²) in [6.07, 6.45) is 18.0. The van der Waals surface area contributed by atoms with Crippen LogP contribution in [-0.2, 0) is 38.1 Å². The van der Waals surface area contributed by atoms with Gasteiger partial charge in [0.1, 0.15) is 0 Å². The molecule has 0 aromatic heterocycles. The van der Waals surface area contributed by atoms with E-state index in [9.17, 15) is 19.2 Å². The highest BCUT2D eigenvalue weighted by atomic mass is 16.5. The molecule has 0 saturated heterocycles. The highest BCUT2D eigenvalue weighted by Gasteiger charge is 2.20. The number of nitrogens with zero attached hydrogens (tertiary/aromatic N) is 3. The maximum Gasteiger partial charge on any atom is 0.307 e. The van der Waals surface area contributed by atoms with E-state index in [0.29, 0.717) is 89.6 Å². The van der Waals surface area contributed by atoms with Crippen molar-refractivity contribution in [2.24, 2.45) is 23.7 Å². The van der Waals surface area contributed by atoms with E-state index in [1.165, 1.54) is 0 Å². The van der Waals surface area contributed by atoms with E-state index in [2.05, 4.69) is 70.1 Å². The van der Waals surface area contributed by atoms with Gasteiger partial charge in [-0.05, 0) is 56.4 Å². The van der Waals surface area contributed by atoms with E-state index in [0.717, 1.165) is 103 Å². The van der Waals surface area contributed by atoms with Crippen LogP contribution >= 0.6 is 0 Å². The van der Waals surface area contributed by atoms with E-state index >= 15 is 0 Å². The molecule has 0 N–H and O–H groups in total. The summed E-state index contributed by atoms with van der Waals surface area (Å²) < 4.78 is 22.8. The minimum atomic E-state index is -0.231. The van der Waals surface area contributed by atoms with Gasteiger partial charge in [0.25, 0.3) is 0 Å². The fourth-order valence-electron chi connectivity index (χ4n) is 6.96. The maximum atomic E-state index is 12.9. The molecule has 11 nitrogen and oxygen atoms in total. The Labute approximate surface area is 356 Å². The SMILES string of the molecule is CCCCC(CC)COC(=O)CCN(CCC(=O)OCC(CC)CCCC)CN(C)CN(CCC(=O)OCC(CC)CCCC)CCC(=O)OCC(CC)CCCC. The molecule has 0 saturated carbocycles. The standard InChI is InChI=1S/C47H91N3O8/c1-10-18-22-40(14-5)34-55-44(51)26-30-49(31-27-45(52)56-35-41(15-6)23-19-11-2)38-48(9)39-50(32-28-46(53)57-36-42(16-7)24-20-12-3)33-29-47(54)58-37-43(17-8)25-21-13-4/h40-43H,10-39H2,1-9H3. The Balaban J connectivity index is 5.71. The van der Waals surface area contributed by atoms with Gasteiger partial charge in [-0.1, -0.05) is 132 Å². The first-order valence-electron chi connectivity index (χ1n) is 23.7. The molecule has 0 bridgehead atoms. The van der Waals surface area contributed by atoms with Crippen molar-refractivity contribution in [2.75, 3.05) is 73.0 Å². The maximum absolute atomic E-state index is 12.9. The second-order valence-corrected chi connectivity index (χ2v) is 16.8. The molecule has 58 heavy (non-hydrogen) atoms. The van der Waals surface area contributed by atoms with Crippen molar-refractivity contribution in [3.63, 3.8) is 0 Å². The van der Waals surface area contributed by atoms with Crippen LogP contribution in [0, 0.1) is 23.7 Å². The Morgan fingerprint density at radius 3 is 0.810 bits per heavy atom. The lowest BCUT2D eigenvalue weighted by molar-refractivity contribution is -0.147. The smallest absolute Gasteiger partial charge is 0.307 e. The molecular formula is C47H91N3O8. The summed E-state index contributed by atoms with van der Waals surface area (Å²) in [5, 5.41) is 0. The Morgan fingerprint density at radius 1 is 0.397 bits per heavy atom. The average Bonchev–Trinajstić information content (AvgIpc) is 3.22. The van der Waals surface area contributed by atoms with E-state index in [4.69, 9.17) is 18.9 Å². The summed E-state index contributed by atoms with van der Waals surface area (Å²) in [5.74, 6) is 0.554. The zero-order valence-electron chi connectivity index (χ0n) is 39.1. The second kappa shape index (κ2) is 37.7. The van der Waals surface area contributed by atoms with Gasteiger partial charge >= 0.3 is 23.9 Å². The Bertz CT molecular complexity index is 880. The number of rotatable bonds is 40. The molecule has 0 aromatic carbocycles. The zero-order chi connectivity index (χ0) is 43.4. The van der Waals surface area contributed by atoms with Crippen LogP contribution in [0.2, 0.25) is 0 Å². The molecule has 0 rings (SSSR count). The molecule has 0 spiro atoms. The summed E-state index contributed by atoms with van der Waals surface area (Å²) in [5.41, 5.74) is 0. The van der Waals surface area contributed by atoms with E-state index < -0.39 is 0 Å². The Kier molecular flexibility index (Phi) is 36.3. The van der Waals surface area contributed by atoms with Crippen LogP contribution in [-0.4, -0.2) is 112 Å². The number of carbonyl (C=O) groups is 4. The lowest BCUT2D eigenvalue weighted by Gasteiger charge is -2.32. The monoisotopic (exact) mass is 826 g/mol. The van der Waals surface area contributed by atoms with Crippen LogP contribution < -0.4 is 0 Å². The molecular weight excluding hydrogens is 735 g/mol. The van der Waals surface area contributed by atoms with Crippen molar-refractivity contribution in [3.8, 4) is 0 Å². The van der Waals surface area contributed by atoms with Gasteiger partial charge in [-0.15, -0.1) is 0 Å². The average molecular weight is 826 g/mol. The molecule has 0 aromatic rings. The van der Waals surface area contributed by atoms with Crippen LogP contribution in [0.25, 0.3) is 0 Å². The topological polar surface area (TPSA) is 115 Å². The van der Waals surface area contributed by atoms with Crippen molar-refractivity contribution in [3.05, 3.63) is 0 Å². The molecule has 0 radical (unpaired) electrons. The third-order valence-electron chi connectivity index (χ3n) is 11.5. The molecule has 11 heteroatoms. The highest BCUT2D eigenvalue weighted by Crippen LogP contribution is 2.17. The van der Waals surface area contributed by atoms with E-state index in [1.54, 1.807) is 0 Å². The third kappa shape index (κ3) is 30.8. The van der Waals surface area contributed by atoms with Gasteiger partial charge in [0.2, 0.25) is 0 Å². The fraction of sp³-hybridized carbons (Fsp3) is 0.915. The first-order chi connectivity index (χ1) is 28.0. The summed E-state index contributed by atoms with van der Waals surface area (Å²) in [6.45, 7) is 21.7. The van der Waals surface area contributed by atoms with E-state index in [1.807, 2.05) is 7.05 Å². The van der Waals surface area contributed by atoms with Gasteiger partial charge in [0, 0.05) is 26.2 Å². The van der Waals surface area contributed by atoms with Gasteiger partial charge in [-0.25, -0.2) is 0 Å². The number of ether oxygens (including phenoxy) is 4. The van der Waals surface area contributed by atoms with Gasteiger partial charge in [-0.2, -0.15) is 0 Å². The van der Waals surface area contributed by atoms with Crippen LogP contribution in [0.15, 0.2) is 0 Å². The zero-order valence-corrected chi connectivity index (χ0v) is 39.1. The largest absolute Gasteiger partial charge is 0.465 e. The predicted octanol–water partition coefficient (Wildman–Crippen LogP) is 10.0. The quantitative estimate of drug-likeness (QED) is 0.0334. The normalized spacial score (nSPS) is 13.7. The molecule has 0 fully saturated rings. The number of unbranched alkanes of at least 4 members (excludes halogenated alkanes) is 4. The first-order valence-corrected chi connectivity index (χ1v) is 23.7. The minimum absolute atomic E-state index is 0.220. The molecule has 0 aliphatic rings.